The Morgan fingerprint density at radius 1 is 1.22 bits per heavy atom. The maximum Gasteiger partial charge on any atom is 0.232 e. The number of aromatic nitrogens is 4. The molecule has 4 aromatic heterocycles. The van der Waals surface area contributed by atoms with Crippen molar-refractivity contribution in [3.05, 3.63) is 48.8 Å². The molecule has 1 aliphatic carbocycles. The lowest BCUT2D eigenvalue weighted by Gasteiger charge is -2.27. The molecule has 0 radical (unpaired) electrons. The van der Waals surface area contributed by atoms with Gasteiger partial charge in [-0.15, -0.1) is 0 Å². The highest BCUT2D eigenvalue weighted by Gasteiger charge is 2.35. The molecule has 10 heteroatoms. The van der Waals surface area contributed by atoms with Crippen LogP contribution in [0.25, 0.3) is 43.6 Å². The molecular weight excluding hydrogens is 494 g/mol. The normalized spacial score (nSPS) is 14.9. The number of fused-ring (bicyclic) bond motifs is 2. The summed E-state index contributed by atoms with van der Waals surface area (Å²) >= 11 is 0.285. The fraction of sp³-hybridized carbons (Fsp3) is 0.269. The van der Waals surface area contributed by atoms with Gasteiger partial charge in [0.25, 0.3) is 0 Å². The standard InChI is InChI=1S/C26H25N5O3S2/c1-31-14-17-11-16(13-28-24(17)30-31)21-12-20(15-5-7-18(8-6-15)34-10-9-32)22-23(27)26(35-25(22)29-21)36(33)19-3-2-4-19/h5-8,11-14,19,32H,2-4,9-10,27H2,1H3. The number of aliphatic hydroxyl groups is 1. The lowest BCUT2D eigenvalue weighted by molar-refractivity contribution is 0.201. The Morgan fingerprint density at radius 3 is 2.75 bits per heavy atom. The van der Waals surface area contributed by atoms with Gasteiger partial charge in [0, 0.05) is 47.0 Å². The highest BCUT2D eigenvalue weighted by Crippen LogP contribution is 2.46. The fourth-order valence-electron chi connectivity index (χ4n) is 4.43. The summed E-state index contributed by atoms with van der Waals surface area (Å²) in [5, 5.41) is 15.3. The Labute approximate surface area is 214 Å². The first-order valence-electron chi connectivity index (χ1n) is 11.8. The van der Waals surface area contributed by atoms with Crippen LogP contribution < -0.4 is 10.5 Å². The molecule has 1 aliphatic rings. The van der Waals surface area contributed by atoms with Crippen molar-refractivity contribution >= 4 is 49.5 Å². The molecule has 8 nitrogen and oxygen atoms in total. The van der Waals surface area contributed by atoms with Crippen LogP contribution in [0.3, 0.4) is 0 Å². The number of anilines is 1. The summed E-state index contributed by atoms with van der Waals surface area (Å²) in [6, 6.07) is 11.7. The maximum absolute atomic E-state index is 13.3. The van der Waals surface area contributed by atoms with E-state index in [1.807, 2.05) is 49.6 Å². The van der Waals surface area contributed by atoms with Gasteiger partial charge in [-0.3, -0.25) is 4.68 Å². The number of rotatable bonds is 7. The number of hydrogen-bond donors (Lipinski definition) is 2. The number of nitrogen functional groups attached to an aromatic ring is 1. The summed E-state index contributed by atoms with van der Waals surface area (Å²) in [5.41, 5.74) is 11.4. The number of ether oxygens (including phenoxy) is 1. The van der Waals surface area contributed by atoms with E-state index in [2.05, 4.69) is 10.1 Å². The third kappa shape index (κ3) is 4.09. The molecule has 1 aromatic carbocycles. The summed E-state index contributed by atoms with van der Waals surface area (Å²) < 4.78 is 21.3. The van der Waals surface area contributed by atoms with E-state index in [-0.39, 0.29) is 18.5 Å². The van der Waals surface area contributed by atoms with Crippen molar-refractivity contribution in [2.75, 3.05) is 18.9 Å². The van der Waals surface area contributed by atoms with Crippen molar-refractivity contribution in [3.63, 3.8) is 0 Å². The van der Waals surface area contributed by atoms with Gasteiger partial charge >= 0.3 is 0 Å². The van der Waals surface area contributed by atoms with Gasteiger partial charge in [0.1, 0.15) is 28.1 Å². The first kappa shape index (κ1) is 23.2. The molecule has 184 valence electrons. The smallest absolute Gasteiger partial charge is 0.232 e. The van der Waals surface area contributed by atoms with Crippen LogP contribution in [0.2, 0.25) is 0 Å². The van der Waals surface area contributed by atoms with Crippen molar-refractivity contribution < 1.29 is 14.4 Å². The minimum atomic E-state index is -1.14. The fourth-order valence-corrected chi connectivity index (χ4v) is 7.64. The molecular formula is C26H25N5O3S2. The monoisotopic (exact) mass is 519 g/mol. The number of pyridine rings is 2. The minimum Gasteiger partial charge on any atom is -0.611 e. The Balaban J connectivity index is 1.51. The SMILES string of the molecule is Cn1cc2cc(-c3cc(-c4ccc(OCCO)cc4)c4c(N)c([S+]([O-])C5CCC5)sc4n3)cnc2n1. The van der Waals surface area contributed by atoms with E-state index in [0.717, 1.165) is 57.2 Å². The van der Waals surface area contributed by atoms with Gasteiger partial charge in [0.15, 0.2) is 5.65 Å². The minimum absolute atomic E-state index is 0.0439. The second-order valence-electron chi connectivity index (χ2n) is 8.92. The van der Waals surface area contributed by atoms with Gasteiger partial charge in [0.05, 0.1) is 12.3 Å². The highest BCUT2D eigenvalue weighted by atomic mass is 32.2. The van der Waals surface area contributed by atoms with Crippen molar-refractivity contribution in [1.82, 2.24) is 19.7 Å². The van der Waals surface area contributed by atoms with Gasteiger partial charge in [-0.05, 0) is 54.7 Å². The molecule has 6 rings (SSSR count). The van der Waals surface area contributed by atoms with E-state index in [1.165, 1.54) is 11.3 Å². The molecule has 1 atom stereocenters. The molecule has 0 spiro atoms. The molecule has 0 aliphatic heterocycles. The number of aliphatic hydroxyl groups excluding tert-OH is 1. The quantitative estimate of drug-likeness (QED) is 0.303. The van der Waals surface area contributed by atoms with Crippen molar-refractivity contribution in [1.29, 1.82) is 0 Å². The van der Waals surface area contributed by atoms with E-state index < -0.39 is 11.2 Å². The molecule has 3 N–H and O–H groups in total. The summed E-state index contributed by atoms with van der Waals surface area (Å²) in [6.07, 6.45) is 6.77. The number of nitrogens with two attached hydrogens (primary N) is 1. The Bertz CT molecular complexity index is 1560. The lowest BCUT2D eigenvalue weighted by atomic mass is 10.00. The number of aryl methyl sites for hydroxylation is 1. The van der Waals surface area contributed by atoms with Crippen LogP contribution >= 0.6 is 11.3 Å². The molecule has 36 heavy (non-hydrogen) atoms. The average molecular weight is 520 g/mol. The molecule has 4 heterocycles. The number of hydrogen-bond acceptors (Lipinski definition) is 8. The van der Waals surface area contributed by atoms with E-state index in [1.54, 1.807) is 10.9 Å². The van der Waals surface area contributed by atoms with Crippen LogP contribution in [0, 0.1) is 0 Å². The number of benzene rings is 1. The third-order valence-corrected chi connectivity index (χ3v) is 9.80. The number of thiophene rings is 1. The van der Waals surface area contributed by atoms with Gasteiger partial charge < -0.3 is 20.1 Å². The second kappa shape index (κ2) is 9.36. The third-order valence-electron chi connectivity index (χ3n) is 6.50. The zero-order chi connectivity index (χ0) is 24.8. The van der Waals surface area contributed by atoms with E-state index in [4.69, 9.17) is 20.6 Å². The van der Waals surface area contributed by atoms with Crippen molar-refractivity contribution in [3.8, 4) is 28.1 Å². The molecule has 0 saturated heterocycles. The Hall–Kier alpha value is -3.18. The van der Waals surface area contributed by atoms with Gasteiger partial charge in [-0.2, -0.15) is 5.10 Å². The zero-order valence-corrected chi connectivity index (χ0v) is 21.3. The summed E-state index contributed by atoms with van der Waals surface area (Å²) in [4.78, 5) is 10.2. The molecule has 0 amide bonds. The molecule has 1 unspecified atom stereocenters. The van der Waals surface area contributed by atoms with Crippen LogP contribution in [-0.2, 0) is 18.2 Å². The van der Waals surface area contributed by atoms with E-state index in [9.17, 15) is 4.55 Å². The summed E-state index contributed by atoms with van der Waals surface area (Å²) in [6.45, 7) is 0.193. The molecule has 1 fully saturated rings. The molecule has 1 saturated carbocycles. The number of nitrogens with zero attached hydrogens (tertiary/aromatic N) is 4. The van der Waals surface area contributed by atoms with Gasteiger partial charge in [-0.1, -0.05) is 23.5 Å². The topological polar surface area (TPSA) is 122 Å². The zero-order valence-electron chi connectivity index (χ0n) is 19.7. The Kier molecular flexibility index (Phi) is 6.04. The van der Waals surface area contributed by atoms with E-state index in [0.29, 0.717) is 21.3 Å². The largest absolute Gasteiger partial charge is 0.611 e. The van der Waals surface area contributed by atoms with E-state index >= 15 is 0 Å². The lowest BCUT2D eigenvalue weighted by Crippen LogP contribution is -2.28. The summed E-state index contributed by atoms with van der Waals surface area (Å²) in [5.74, 6) is 0.676. The van der Waals surface area contributed by atoms with Crippen LogP contribution in [0.1, 0.15) is 19.3 Å². The predicted octanol–water partition coefficient (Wildman–Crippen LogP) is 4.53. The predicted molar refractivity (Wildman–Crippen MR) is 144 cm³/mol. The van der Waals surface area contributed by atoms with Crippen LogP contribution in [-0.4, -0.2) is 47.9 Å². The van der Waals surface area contributed by atoms with Gasteiger partial charge in [0.2, 0.25) is 4.21 Å². The Morgan fingerprint density at radius 2 is 2.03 bits per heavy atom. The summed E-state index contributed by atoms with van der Waals surface area (Å²) in [7, 11) is 1.87. The molecule has 0 bridgehead atoms. The van der Waals surface area contributed by atoms with Gasteiger partial charge in [-0.25, -0.2) is 9.97 Å². The first-order valence-corrected chi connectivity index (χ1v) is 13.8. The highest BCUT2D eigenvalue weighted by molar-refractivity contribution is 7.94. The van der Waals surface area contributed by atoms with Crippen molar-refractivity contribution in [2.24, 2.45) is 7.05 Å². The molecule has 5 aromatic rings. The first-order chi connectivity index (χ1) is 17.5. The van der Waals surface area contributed by atoms with Crippen LogP contribution in [0.4, 0.5) is 5.69 Å². The average Bonchev–Trinajstić information content (AvgIpc) is 3.39. The van der Waals surface area contributed by atoms with Crippen LogP contribution in [0.5, 0.6) is 5.75 Å². The second-order valence-corrected chi connectivity index (χ2v) is 11.9. The van der Waals surface area contributed by atoms with Crippen molar-refractivity contribution in [2.45, 2.75) is 28.7 Å². The maximum atomic E-state index is 13.3. The van der Waals surface area contributed by atoms with Crippen LogP contribution in [0.15, 0.2) is 53.0 Å².